The molecule has 1 rings (SSSR count). The molecule has 0 unspecified atom stereocenters. The average molecular weight is 290 g/mol. The Morgan fingerprint density at radius 3 is 2.37 bits per heavy atom. The summed E-state index contributed by atoms with van der Waals surface area (Å²) in [5, 5.41) is 0. The highest BCUT2D eigenvalue weighted by atomic mass is 32.1. The van der Waals surface area contributed by atoms with Crippen molar-refractivity contribution in [1.82, 2.24) is 0 Å². The Bertz CT molecular complexity index is 469. The van der Waals surface area contributed by atoms with Crippen LogP contribution in [-0.4, -0.2) is 18.6 Å². The molecule has 2 N–H and O–H groups in total. The summed E-state index contributed by atoms with van der Waals surface area (Å²) in [6.45, 7) is 4.81. The highest BCUT2D eigenvalue weighted by Gasteiger charge is 2.34. The van der Waals surface area contributed by atoms with Gasteiger partial charge in [-0.2, -0.15) is 13.2 Å². The van der Waals surface area contributed by atoms with Crippen LogP contribution in [0.5, 0.6) is 0 Å². The van der Waals surface area contributed by atoms with Crippen LogP contribution in [0.25, 0.3) is 0 Å². The third-order valence-electron chi connectivity index (χ3n) is 2.65. The van der Waals surface area contributed by atoms with E-state index in [0.717, 1.165) is 12.6 Å². The number of nitrogens with zero attached hydrogens (tertiary/aromatic N) is 1. The van der Waals surface area contributed by atoms with E-state index < -0.39 is 11.7 Å². The first-order valence-corrected chi connectivity index (χ1v) is 6.26. The Morgan fingerprint density at radius 2 is 1.95 bits per heavy atom. The molecule has 1 aromatic rings. The number of hydrogen-bond donors (Lipinski definition) is 1. The van der Waals surface area contributed by atoms with Gasteiger partial charge in [0.1, 0.15) is 4.99 Å². The third kappa shape index (κ3) is 4.09. The fraction of sp³-hybridized carbons (Fsp3) is 0.462. The van der Waals surface area contributed by atoms with Crippen LogP contribution in [0.15, 0.2) is 18.2 Å². The number of hydrogen-bond acceptors (Lipinski definition) is 2. The topological polar surface area (TPSA) is 29.3 Å². The number of halogens is 3. The molecule has 0 heterocycles. The van der Waals surface area contributed by atoms with Gasteiger partial charge in [-0.1, -0.05) is 26.1 Å². The largest absolute Gasteiger partial charge is 0.417 e. The van der Waals surface area contributed by atoms with Gasteiger partial charge in [0.15, 0.2) is 0 Å². The maximum absolute atomic E-state index is 12.8. The molecule has 2 nitrogen and oxygen atoms in total. The minimum atomic E-state index is -4.45. The van der Waals surface area contributed by atoms with Crippen molar-refractivity contribution in [1.29, 1.82) is 0 Å². The van der Waals surface area contributed by atoms with Gasteiger partial charge in [0.2, 0.25) is 0 Å². The fourth-order valence-electron chi connectivity index (χ4n) is 1.87. The van der Waals surface area contributed by atoms with Gasteiger partial charge >= 0.3 is 6.18 Å². The zero-order chi connectivity index (χ0) is 14.8. The number of nitrogens with two attached hydrogens (primary N) is 1. The molecular weight excluding hydrogens is 273 g/mol. The summed E-state index contributed by atoms with van der Waals surface area (Å²) in [6, 6.07) is 3.86. The van der Waals surface area contributed by atoms with Crippen molar-refractivity contribution in [2.45, 2.75) is 20.0 Å². The van der Waals surface area contributed by atoms with Gasteiger partial charge in [0, 0.05) is 24.8 Å². The standard InChI is InChI=1S/C13H17F3N2S/c1-8(2)7-18(3)9-4-5-11(13(14,15)16)10(6-9)12(17)19/h4-6,8H,7H2,1-3H3,(H2,17,19). The zero-order valence-electron chi connectivity index (χ0n) is 11.1. The molecule has 0 aliphatic heterocycles. The maximum Gasteiger partial charge on any atom is 0.417 e. The van der Waals surface area contributed by atoms with Crippen molar-refractivity contribution in [3.8, 4) is 0 Å². The SMILES string of the molecule is CC(C)CN(C)c1ccc(C(F)(F)F)c(C(N)=S)c1. The molecule has 19 heavy (non-hydrogen) atoms. The summed E-state index contributed by atoms with van der Waals surface area (Å²) in [5.74, 6) is 0.403. The van der Waals surface area contributed by atoms with Gasteiger partial charge in [0.25, 0.3) is 0 Å². The monoisotopic (exact) mass is 290 g/mol. The summed E-state index contributed by atoms with van der Waals surface area (Å²) in [6.07, 6.45) is -4.45. The number of anilines is 1. The number of alkyl halides is 3. The molecule has 0 radical (unpaired) electrons. The molecule has 0 aliphatic rings. The van der Waals surface area contributed by atoms with Crippen LogP contribution in [0, 0.1) is 5.92 Å². The summed E-state index contributed by atoms with van der Waals surface area (Å²) >= 11 is 4.71. The van der Waals surface area contributed by atoms with Crippen molar-refractivity contribution in [3.63, 3.8) is 0 Å². The van der Waals surface area contributed by atoms with Crippen molar-refractivity contribution in [2.24, 2.45) is 11.7 Å². The summed E-state index contributed by atoms with van der Waals surface area (Å²) in [4.78, 5) is 1.64. The predicted octanol–water partition coefficient (Wildman–Crippen LogP) is 3.43. The Kier molecular flexibility index (Phi) is 4.79. The minimum Gasteiger partial charge on any atom is -0.389 e. The first-order chi connectivity index (χ1) is 8.62. The smallest absolute Gasteiger partial charge is 0.389 e. The molecular formula is C13H17F3N2S. The lowest BCUT2D eigenvalue weighted by molar-refractivity contribution is -0.137. The van der Waals surface area contributed by atoms with E-state index in [1.807, 2.05) is 25.8 Å². The molecule has 0 aromatic heterocycles. The van der Waals surface area contributed by atoms with E-state index in [2.05, 4.69) is 0 Å². The zero-order valence-corrected chi connectivity index (χ0v) is 11.9. The molecule has 0 aliphatic carbocycles. The second kappa shape index (κ2) is 5.77. The lowest BCUT2D eigenvalue weighted by Crippen LogP contribution is -2.24. The van der Waals surface area contributed by atoms with Crippen LogP contribution in [0.2, 0.25) is 0 Å². The van der Waals surface area contributed by atoms with Gasteiger partial charge in [-0.3, -0.25) is 0 Å². The Morgan fingerprint density at radius 1 is 1.37 bits per heavy atom. The molecule has 0 amide bonds. The van der Waals surface area contributed by atoms with E-state index in [-0.39, 0.29) is 10.6 Å². The number of rotatable bonds is 4. The van der Waals surface area contributed by atoms with Crippen molar-refractivity contribution >= 4 is 22.9 Å². The quantitative estimate of drug-likeness (QED) is 0.861. The summed E-state index contributed by atoms with van der Waals surface area (Å²) < 4.78 is 38.5. The molecule has 1 aromatic carbocycles. The highest BCUT2D eigenvalue weighted by molar-refractivity contribution is 7.80. The van der Waals surface area contributed by atoms with Gasteiger partial charge in [0.05, 0.1) is 5.56 Å². The second-order valence-corrected chi connectivity index (χ2v) is 5.31. The molecule has 0 atom stereocenters. The van der Waals surface area contributed by atoms with E-state index in [1.165, 1.54) is 12.1 Å². The number of benzene rings is 1. The van der Waals surface area contributed by atoms with Crippen LogP contribution in [-0.2, 0) is 6.18 Å². The van der Waals surface area contributed by atoms with Gasteiger partial charge < -0.3 is 10.6 Å². The predicted molar refractivity (Wildman–Crippen MR) is 75.4 cm³/mol. The molecule has 0 bridgehead atoms. The number of thiocarbonyl (C=S) groups is 1. The van der Waals surface area contributed by atoms with E-state index in [1.54, 1.807) is 0 Å². The second-order valence-electron chi connectivity index (χ2n) is 4.87. The van der Waals surface area contributed by atoms with Crippen molar-refractivity contribution < 1.29 is 13.2 Å². The first-order valence-electron chi connectivity index (χ1n) is 5.85. The van der Waals surface area contributed by atoms with Crippen LogP contribution in [0.3, 0.4) is 0 Å². The van der Waals surface area contributed by atoms with Crippen LogP contribution < -0.4 is 10.6 Å². The van der Waals surface area contributed by atoms with E-state index in [0.29, 0.717) is 11.6 Å². The minimum absolute atomic E-state index is 0.129. The molecule has 0 spiro atoms. The van der Waals surface area contributed by atoms with E-state index in [9.17, 15) is 13.2 Å². The lowest BCUT2D eigenvalue weighted by Gasteiger charge is -2.23. The Hall–Kier alpha value is -1.30. The van der Waals surface area contributed by atoms with E-state index in [4.69, 9.17) is 18.0 Å². The van der Waals surface area contributed by atoms with Crippen molar-refractivity contribution in [3.05, 3.63) is 29.3 Å². The molecule has 6 heteroatoms. The van der Waals surface area contributed by atoms with Gasteiger partial charge in [-0.25, -0.2) is 0 Å². The summed E-state index contributed by atoms with van der Waals surface area (Å²) in [7, 11) is 1.83. The Labute approximate surface area is 116 Å². The molecule has 0 fully saturated rings. The van der Waals surface area contributed by atoms with Crippen LogP contribution in [0.4, 0.5) is 18.9 Å². The average Bonchev–Trinajstić information content (AvgIpc) is 2.25. The Balaban J connectivity index is 3.20. The summed E-state index contributed by atoms with van der Waals surface area (Å²) in [5.41, 5.74) is 5.15. The lowest BCUT2D eigenvalue weighted by atomic mass is 10.1. The van der Waals surface area contributed by atoms with Crippen LogP contribution in [0.1, 0.15) is 25.0 Å². The highest BCUT2D eigenvalue weighted by Crippen LogP contribution is 2.34. The fourth-order valence-corrected chi connectivity index (χ4v) is 2.04. The molecule has 0 saturated heterocycles. The first kappa shape index (κ1) is 15.8. The van der Waals surface area contributed by atoms with Crippen LogP contribution >= 0.6 is 12.2 Å². The van der Waals surface area contributed by atoms with Crippen molar-refractivity contribution in [2.75, 3.05) is 18.5 Å². The van der Waals surface area contributed by atoms with E-state index >= 15 is 0 Å². The van der Waals surface area contributed by atoms with Gasteiger partial charge in [-0.05, 0) is 24.1 Å². The maximum atomic E-state index is 12.8. The molecule has 0 saturated carbocycles. The molecule has 106 valence electrons. The van der Waals surface area contributed by atoms with Gasteiger partial charge in [-0.15, -0.1) is 0 Å². The third-order valence-corrected chi connectivity index (χ3v) is 2.87. The normalized spacial score (nSPS) is 11.7.